The van der Waals surface area contributed by atoms with Gasteiger partial charge in [-0.25, -0.2) is 4.99 Å². The summed E-state index contributed by atoms with van der Waals surface area (Å²) in [6.07, 6.45) is 0.741. The summed E-state index contributed by atoms with van der Waals surface area (Å²) >= 11 is 7.12. The molecule has 0 spiro atoms. The third kappa shape index (κ3) is 3.10. The lowest BCUT2D eigenvalue weighted by atomic mass is 10.1. The van der Waals surface area contributed by atoms with Gasteiger partial charge in [0.1, 0.15) is 6.61 Å². The topological polar surface area (TPSA) is 21.6 Å². The van der Waals surface area contributed by atoms with Gasteiger partial charge in [-0.2, -0.15) is 0 Å². The van der Waals surface area contributed by atoms with E-state index in [-0.39, 0.29) is 0 Å². The SMILES string of the molecule is CC(C)[C@@H]1COC(Cc2c(Br)cccc2Br)=N1. The summed E-state index contributed by atoms with van der Waals surface area (Å²) in [5.74, 6) is 1.38. The Kier molecular flexibility index (Phi) is 4.26. The Labute approximate surface area is 119 Å². The summed E-state index contributed by atoms with van der Waals surface area (Å²) < 4.78 is 7.83. The van der Waals surface area contributed by atoms with Crippen molar-refractivity contribution in [3.63, 3.8) is 0 Å². The van der Waals surface area contributed by atoms with E-state index >= 15 is 0 Å². The van der Waals surface area contributed by atoms with Crippen molar-refractivity contribution in [1.82, 2.24) is 0 Å². The van der Waals surface area contributed by atoms with Crippen molar-refractivity contribution in [2.75, 3.05) is 6.61 Å². The van der Waals surface area contributed by atoms with Crippen LogP contribution in [0.25, 0.3) is 0 Å². The lowest BCUT2D eigenvalue weighted by molar-refractivity contribution is 0.287. The number of benzene rings is 1. The molecular formula is C13H15Br2NO. The van der Waals surface area contributed by atoms with Gasteiger partial charge in [-0.15, -0.1) is 0 Å². The lowest BCUT2D eigenvalue weighted by Gasteiger charge is -2.07. The van der Waals surface area contributed by atoms with E-state index in [1.54, 1.807) is 0 Å². The molecule has 1 atom stereocenters. The minimum Gasteiger partial charge on any atom is -0.478 e. The van der Waals surface area contributed by atoms with E-state index in [4.69, 9.17) is 4.74 Å². The van der Waals surface area contributed by atoms with Crippen LogP contribution in [-0.4, -0.2) is 18.5 Å². The highest BCUT2D eigenvalue weighted by Gasteiger charge is 2.22. The Balaban J connectivity index is 2.15. The van der Waals surface area contributed by atoms with E-state index in [1.165, 1.54) is 5.56 Å². The van der Waals surface area contributed by atoms with E-state index in [2.05, 4.69) is 50.7 Å². The third-order valence-electron chi connectivity index (χ3n) is 2.89. The Bertz CT molecular complexity index is 423. The van der Waals surface area contributed by atoms with Crippen LogP contribution >= 0.6 is 31.9 Å². The van der Waals surface area contributed by atoms with Gasteiger partial charge in [-0.3, -0.25) is 0 Å². The number of ether oxygens (including phenoxy) is 1. The quantitative estimate of drug-likeness (QED) is 0.791. The third-order valence-corrected chi connectivity index (χ3v) is 4.38. The summed E-state index contributed by atoms with van der Waals surface area (Å²) in [7, 11) is 0. The summed E-state index contributed by atoms with van der Waals surface area (Å²) in [5.41, 5.74) is 1.19. The molecular weight excluding hydrogens is 346 g/mol. The molecule has 0 amide bonds. The van der Waals surface area contributed by atoms with E-state index in [0.717, 1.165) is 27.9 Å². The van der Waals surface area contributed by atoms with Crippen LogP contribution in [0.5, 0.6) is 0 Å². The van der Waals surface area contributed by atoms with Gasteiger partial charge >= 0.3 is 0 Å². The fraction of sp³-hybridized carbons (Fsp3) is 0.462. The Morgan fingerprint density at radius 1 is 1.35 bits per heavy atom. The van der Waals surface area contributed by atoms with Gasteiger partial charge in [0.2, 0.25) is 0 Å². The molecule has 1 aromatic rings. The molecule has 92 valence electrons. The van der Waals surface area contributed by atoms with Gasteiger partial charge in [0.25, 0.3) is 0 Å². The van der Waals surface area contributed by atoms with Crippen molar-refractivity contribution in [1.29, 1.82) is 0 Å². The van der Waals surface area contributed by atoms with Gasteiger partial charge < -0.3 is 4.74 Å². The molecule has 0 N–H and O–H groups in total. The second-order valence-electron chi connectivity index (χ2n) is 4.52. The molecule has 1 aromatic carbocycles. The van der Waals surface area contributed by atoms with Crippen molar-refractivity contribution >= 4 is 37.8 Å². The first-order chi connectivity index (χ1) is 8.08. The number of aliphatic imine (C=N–C) groups is 1. The molecule has 1 aliphatic heterocycles. The normalized spacial score (nSPS) is 19.4. The maximum absolute atomic E-state index is 5.65. The van der Waals surface area contributed by atoms with Crippen LogP contribution in [0.4, 0.5) is 0 Å². The van der Waals surface area contributed by atoms with Crippen LogP contribution in [0.2, 0.25) is 0 Å². The molecule has 0 aromatic heterocycles. The van der Waals surface area contributed by atoms with Crippen molar-refractivity contribution in [2.45, 2.75) is 26.3 Å². The monoisotopic (exact) mass is 359 g/mol. The van der Waals surface area contributed by atoms with Crippen LogP contribution in [0.15, 0.2) is 32.1 Å². The molecule has 2 nitrogen and oxygen atoms in total. The summed E-state index contributed by atoms with van der Waals surface area (Å²) in [4.78, 5) is 4.62. The van der Waals surface area contributed by atoms with Crippen LogP contribution in [0, 0.1) is 5.92 Å². The van der Waals surface area contributed by atoms with Crippen molar-refractivity contribution in [3.05, 3.63) is 32.7 Å². The minimum atomic E-state index is 0.311. The maximum atomic E-state index is 5.65. The summed E-state index contributed by atoms with van der Waals surface area (Å²) in [6.45, 7) is 5.07. The number of hydrogen-bond donors (Lipinski definition) is 0. The molecule has 0 radical (unpaired) electrons. The number of halogens is 2. The zero-order chi connectivity index (χ0) is 12.4. The van der Waals surface area contributed by atoms with Crippen LogP contribution < -0.4 is 0 Å². The fourth-order valence-corrected chi connectivity index (χ4v) is 3.01. The van der Waals surface area contributed by atoms with E-state index in [1.807, 2.05) is 18.2 Å². The van der Waals surface area contributed by atoms with Gasteiger partial charge in [-0.1, -0.05) is 51.8 Å². The highest BCUT2D eigenvalue weighted by atomic mass is 79.9. The maximum Gasteiger partial charge on any atom is 0.188 e. The Hall–Kier alpha value is -0.350. The van der Waals surface area contributed by atoms with E-state index < -0.39 is 0 Å². The standard InChI is InChI=1S/C13H15Br2NO/c1-8(2)12-7-17-13(16-12)6-9-10(14)4-3-5-11(9)15/h3-5,8,12H,6-7H2,1-2H3/t12-/m0/s1. The smallest absolute Gasteiger partial charge is 0.188 e. The Morgan fingerprint density at radius 2 is 2.00 bits per heavy atom. The fourth-order valence-electron chi connectivity index (χ4n) is 1.73. The summed E-state index contributed by atoms with van der Waals surface area (Å²) in [6, 6.07) is 6.39. The van der Waals surface area contributed by atoms with Crippen molar-refractivity contribution in [3.8, 4) is 0 Å². The van der Waals surface area contributed by atoms with Crippen molar-refractivity contribution < 1.29 is 4.74 Å². The van der Waals surface area contributed by atoms with Crippen LogP contribution in [-0.2, 0) is 11.2 Å². The largest absolute Gasteiger partial charge is 0.478 e. The van der Waals surface area contributed by atoms with Crippen LogP contribution in [0.1, 0.15) is 19.4 Å². The molecule has 0 unspecified atom stereocenters. The Morgan fingerprint density at radius 3 is 2.53 bits per heavy atom. The average molecular weight is 361 g/mol. The minimum absolute atomic E-state index is 0.311. The van der Waals surface area contributed by atoms with Gasteiger partial charge in [-0.05, 0) is 23.6 Å². The molecule has 17 heavy (non-hydrogen) atoms. The molecule has 1 heterocycles. The predicted octanol–water partition coefficient (Wildman–Crippen LogP) is 4.21. The second kappa shape index (κ2) is 5.53. The van der Waals surface area contributed by atoms with Gasteiger partial charge in [0.15, 0.2) is 5.90 Å². The van der Waals surface area contributed by atoms with Crippen molar-refractivity contribution in [2.24, 2.45) is 10.9 Å². The second-order valence-corrected chi connectivity index (χ2v) is 6.23. The number of hydrogen-bond acceptors (Lipinski definition) is 2. The molecule has 2 rings (SSSR count). The first-order valence-corrected chi connectivity index (χ1v) is 7.29. The predicted molar refractivity (Wildman–Crippen MR) is 77.6 cm³/mol. The van der Waals surface area contributed by atoms with Gasteiger partial charge in [0.05, 0.1) is 12.5 Å². The molecule has 0 fully saturated rings. The summed E-state index contributed by atoms with van der Waals surface area (Å²) in [5, 5.41) is 0. The first-order valence-electron chi connectivity index (χ1n) is 5.70. The molecule has 0 saturated carbocycles. The number of nitrogens with zero attached hydrogens (tertiary/aromatic N) is 1. The molecule has 0 saturated heterocycles. The first kappa shape index (κ1) is 13.1. The zero-order valence-electron chi connectivity index (χ0n) is 9.91. The highest BCUT2D eigenvalue weighted by Crippen LogP contribution is 2.27. The highest BCUT2D eigenvalue weighted by molar-refractivity contribution is 9.11. The molecule has 0 bridgehead atoms. The average Bonchev–Trinajstić information content (AvgIpc) is 2.72. The number of rotatable bonds is 3. The van der Waals surface area contributed by atoms with Crippen LogP contribution in [0.3, 0.4) is 0 Å². The lowest BCUT2D eigenvalue weighted by Crippen LogP contribution is -2.13. The molecule has 4 heteroatoms. The zero-order valence-corrected chi connectivity index (χ0v) is 13.1. The van der Waals surface area contributed by atoms with Gasteiger partial charge in [0, 0.05) is 8.95 Å². The molecule has 1 aliphatic rings. The van der Waals surface area contributed by atoms with E-state index in [9.17, 15) is 0 Å². The van der Waals surface area contributed by atoms with E-state index in [0.29, 0.717) is 12.0 Å². The molecule has 0 aliphatic carbocycles.